The Hall–Kier alpha value is -4.41. The van der Waals surface area contributed by atoms with Crippen molar-refractivity contribution < 1.29 is 33.9 Å². The van der Waals surface area contributed by atoms with Crippen molar-refractivity contribution in [1.29, 1.82) is 0 Å². The predicted octanol–water partition coefficient (Wildman–Crippen LogP) is 1.70. The van der Waals surface area contributed by atoms with Crippen molar-refractivity contribution in [3.63, 3.8) is 0 Å². The van der Waals surface area contributed by atoms with Crippen LogP contribution in [0, 0.1) is 10.1 Å². The second-order valence-electron chi connectivity index (χ2n) is 5.97. The molecule has 0 aliphatic carbocycles. The molecule has 2 aromatic rings. The first-order valence-corrected chi connectivity index (χ1v) is 8.14. The molecule has 146 valence electrons. The van der Waals surface area contributed by atoms with Crippen molar-refractivity contribution in [2.24, 2.45) is 0 Å². The van der Waals surface area contributed by atoms with Crippen LogP contribution in [0.25, 0.3) is 6.08 Å². The highest BCUT2D eigenvalue weighted by atomic mass is 16.7. The van der Waals surface area contributed by atoms with Gasteiger partial charge < -0.3 is 14.6 Å². The molecule has 4 rings (SSSR count). The first-order valence-electron chi connectivity index (χ1n) is 8.14. The summed E-state index contributed by atoms with van der Waals surface area (Å²) in [7, 11) is 0. The molecule has 11 nitrogen and oxygen atoms in total. The first-order chi connectivity index (χ1) is 13.9. The fourth-order valence-electron chi connectivity index (χ4n) is 2.88. The molecule has 4 amide bonds. The maximum absolute atomic E-state index is 12.9. The lowest BCUT2D eigenvalue weighted by Gasteiger charge is -2.26. The number of nitrogens with zero attached hydrogens (tertiary/aromatic N) is 2. The largest absolute Gasteiger partial charge is 0.502 e. The molecule has 2 aliphatic heterocycles. The number of carbonyl (C=O) groups excluding carboxylic acids is 3. The number of anilines is 1. The van der Waals surface area contributed by atoms with Crippen LogP contribution in [0.3, 0.4) is 0 Å². The van der Waals surface area contributed by atoms with Gasteiger partial charge in [-0.3, -0.25) is 25.0 Å². The molecule has 0 saturated carbocycles. The predicted molar refractivity (Wildman–Crippen MR) is 96.3 cm³/mol. The van der Waals surface area contributed by atoms with Gasteiger partial charge in [0.25, 0.3) is 11.8 Å². The number of hydrogen-bond acceptors (Lipinski definition) is 8. The Balaban J connectivity index is 1.75. The lowest BCUT2D eigenvalue weighted by Crippen LogP contribution is -2.54. The number of benzene rings is 2. The molecular formula is C18H11N3O8. The SMILES string of the molecule is O=C1NC(=O)N(c2ccc3c(c2)OCO3)C(=O)/C1=C/c1cccc([N+](=O)[O-])c1O. The topological polar surface area (TPSA) is 148 Å². The highest BCUT2D eigenvalue weighted by Gasteiger charge is 2.37. The number of urea groups is 1. The van der Waals surface area contributed by atoms with Gasteiger partial charge in [-0.05, 0) is 18.2 Å². The van der Waals surface area contributed by atoms with E-state index in [9.17, 15) is 29.6 Å². The third-order valence-electron chi connectivity index (χ3n) is 4.26. The van der Waals surface area contributed by atoms with Crippen LogP contribution in [-0.4, -0.2) is 34.7 Å². The van der Waals surface area contributed by atoms with Crippen molar-refractivity contribution >= 4 is 35.3 Å². The number of phenols is 1. The number of phenolic OH excluding ortho intramolecular Hbond substituents is 1. The smallest absolute Gasteiger partial charge is 0.335 e. The summed E-state index contributed by atoms with van der Waals surface area (Å²) in [6.45, 7) is -0.00533. The minimum Gasteiger partial charge on any atom is -0.502 e. The van der Waals surface area contributed by atoms with E-state index in [1.165, 1.54) is 30.3 Å². The lowest BCUT2D eigenvalue weighted by atomic mass is 10.1. The molecule has 29 heavy (non-hydrogen) atoms. The molecule has 1 fully saturated rings. The van der Waals surface area contributed by atoms with Gasteiger partial charge in [-0.2, -0.15) is 0 Å². The second-order valence-corrected chi connectivity index (χ2v) is 5.97. The Morgan fingerprint density at radius 3 is 2.66 bits per heavy atom. The molecular weight excluding hydrogens is 386 g/mol. The van der Waals surface area contributed by atoms with E-state index in [2.05, 4.69) is 0 Å². The third-order valence-corrected chi connectivity index (χ3v) is 4.26. The molecule has 1 saturated heterocycles. The van der Waals surface area contributed by atoms with Crippen LogP contribution in [-0.2, 0) is 9.59 Å². The van der Waals surface area contributed by atoms with Crippen LogP contribution in [0.15, 0.2) is 42.0 Å². The van der Waals surface area contributed by atoms with Gasteiger partial charge in [-0.25, -0.2) is 9.69 Å². The van der Waals surface area contributed by atoms with Gasteiger partial charge in [-0.1, -0.05) is 12.1 Å². The molecule has 11 heteroatoms. The third kappa shape index (κ3) is 3.00. The molecule has 2 heterocycles. The summed E-state index contributed by atoms with van der Waals surface area (Å²) in [5, 5.41) is 23.1. The van der Waals surface area contributed by atoms with Crippen LogP contribution >= 0.6 is 0 Å². The van der Waals surface area contributed by atoms with Gasteiger partial charge in [0, 0.05) is 17.7 Å². The Bertz CT molecular complexity index is 1120. The zero-order valence-electron chi connectivity index (χ0n) is 14.4. The number of nitrogens with one attached hydrogen (secondary N) is 1. The van der Waals surface area contributed by atoms with Crippen LogP contribution in [0.2, 0.25) is 0 Å². The normalized spacial score (nSPS) is 16.9. The standard InChI is InChI=1S/C18H11N3O8/c22-15-9(2-1-3-12(15)21(26)27)6-11-16(23)19-18(25)20(17(11)24)10-4-5-13-14(7-10)29-8-28-13/h1-7,22H,8H2,(H,19,23,25)/b11-6+. The Labute approximate surface area is 161 Å². The average Bonchev–Trinajstić information content (AvgIpc) is 3.14. The number of ether oxygens (including phenoxy) is 2. The molecule has 0 atom stereocenters. The number of amides is 4. The van der Waals surface area contributed by atoms with Gasteiger partial charge in [0.15, 0.2) is 11.5 Å². The maximum Gasteiger partial charge on any atom is 0.335 e. The summed E-state index contributed by atoms with van der Waals surface area (Å²) in [6.07, 6.45) is 0.979. The molecule has 0 spiro atoms. The van der Waals surface area contributed by atoms with E-state index in [0.717, 1.165) is 12.1 Å². The number of imide groups is 2. The summed E-state index contributed by atoms with van der Waals surface area (Å²) >= 11 is 0. The summed E-state index contributed by atoms with van der Waals surface area (Å²) < 4.78 is 10.4. The molecule has 0 radical (unpaired) electrons. The van der Waals surface area contributed by atoms with E-state index in [0.29, 0.717) is 16.4 Å². The summed E-state index contributed by atoms with van der Waals surface area (Å²) in [6, 6.07) is 7.01. The van der Waals surface area contributed by atoms with Crippen LogP contribution in [0.5, 0.6) is 17.2 Å². The van der Waals surface area contributed by atoms with E-state index in [4.69, 9.17) is 9.47 Å². The fourth-order valence-corrected chi connectivity index (χ4v) is 2.88. The molecule has 2 aliphatic rings. The van der Waals surface area contributed by atoms with E-state index in [1.807, 2.05) is 5.32 Å². The monoisotopic (exact) mass is 397 g/mol. The fraction of sp³-hybridized carbons (Fsp3) is 0.0556. The van der Waals surface area contributed by atoms with Crippen molar-refractivity contribution in [3.8, 4) is 17.2 Å². The molecule has 0 bridgehead atoms. The maximum atomic E-state index is 12.9. The van der Waals surface area contributed by atoms with Gasteiger partial charge in [0.2, 0.25) is 12.5 Å². The van der Waals surface area contributed by atoms with Crippen molar-refractivity contribution in [3.05, 3.63) is 57.6 Å². The summed E-state index contributed by atoms with van der Waals surface area (Å²) in [5.74, 6) is -1.92. The van der Waals surface area contributed by atoms with Gasteiger partial charge in [-0.15, -0.1) is 0 Å². The Morgan fingerprint density at radius 2 is 1.90 bits per heavy atom. The number of hydrogen-bond donors (Lipinski definition) is 2. The van der Waals surface area contributed by atoms with E-state index in [1.54, 1.807) is 0 Å². The van der Waals surface area contributed by atoms with Crippen molar-refractivity contribution in [2.45, 2.75) is 0 Å². The van der Waals surface area contributed by atoms with Gasteiger partial charge in [0.1, 0.15) is 5.57 Å². The van der Waals surface area contributed by atoms with Gasteiger partial charge in [0.05, 0.1) is 10.6 Å². The molecule has 2 N–H and O–H groups in total. The average molecular weight is 397 g/mol. The second kappa shape index (κ2) is 6.64. The molecule has 2 aromatic carbocycles. The van der Waals surface area contributed by atoms with Gasteiger partial charge >= 0.3 is 11.7 Å². The Kier molecular flexibility index (Phi) is 4.11. The molecule has 0 unspecified atom stereocenters. The Morgan fingerprint density at radius 1 is 1.14 bits per heavy atom. The number of nitro benzene ring substituents is 1. The highest BCUT2D eigenvalue weighted by Crippen LogP contribution is 2.37. The number of barbiturate groups is 1. The highest BCUT2D eigenvalue weighted by molar-refractivity contribution is 6.39. The van der Waals surface area contributed by atoms with E-state index in [-0.39, 0.29) is 18.0 Å². The van der Waals surface area contributed by atoms with E-state index < -0.39 is 39.8 Å². The van der Waals surface area contributed by atoms with Crippen LogP contribution < -0.4 is 19.7 Å². The van der Waals surface area contributed by atoms with Crippen LogP contribution in [0.4, 0.5) is 16.2 Å². The quantitative estimate of drug-likeness (QED) is 0.344. The summed E-state index contributed by atoms with van der Waals surface area (Å²) in [4.78, 5) is 48.2. The van der Waals surface area contributed by atoms with Crippen molar-refractivity contribution in [1.82, 2.24) is 5.32 Å². The van der Waals surface area contributed by atoms with E-state index >= 15 is 0 Å². The van der Waals surface area contributed by atoms with Crippen molar-refractivity contribution in [2.75, 3.05) is 11.7 Å². The minimum atomic E-state index is -0.997. The number of nitro groups is 1. The summed E-state index contributed by atoms with van der Waals surface area (Å²) in [5.41, 5.74) is -1.08. The zero-order valence-corrected chi connectivity index (χ0v) is 14.4. The molecule has 0 aromatic heterocycles. The minimum absolute atomic E-state index is 0.00533. The number of aromatic hydroxyl groups is 1. The number of rotatable bonds is 3. The number of para-hydroxylation sites is 1. The first kappa shape index (κ1) is 18.0. The van der Waals surface area contributed by atoms with Crippen LogP contribution in [0.1, 0.15) is 5.56 Å². The number of carbonyl (C=O) groups is 3. The lowest BCUT2D eigenvalue weighted by molar-refractivity contribution is -0.385. The zero-order chi connectivity index (χ0) is 20.7. The number of fused-ring (bicyclic) bond motifs is 1.